The molecule has 0 radical (unpaired) electrons. The largest absolute Gasteiger partial charge is 0.368 e. The number of Topliss-reactive ketones (excluding diaryl/α,β-unsaturated/α-hetero) is 2. The first-order valence-corrected chi connectivity index (χ1v) is 15.1. The third-order valence-electron chi connectivity index (χ3n) is 8.15. The second-order valence-corrected chi connectivity index (χ2v) is 11.4. The van der Waals surface area contributed by atoms with E-state index in [1.807, 2.05) is 24.3 Å². The lowest BCUT2D eigenvalue weighted by atomic mass is 10.00. The van der Waals surface area contributed by atoms with Gasteiger partial charge in [-0.25, -0.2) is 22.8 Å². The van der Waals surface area contributed by atoms with Gasteiger partial charge >= 0.3 is 0 Å². The molecule has 5 aromatic rings. The summed E-state index contributed by atoms with van der Waals surface area (Å²) in [5.41, 5.74) is 1.10. The summed E-state index contributed by atoms with van der Waals surface area (Å²) < 4.78 is 45.4. The average Bonchev–Trinajstić information content (AvgIpc) is 3.63. The van der Waals surface area contributed by atoms with Crippen LogP contribution in [0.5, 0.6) is 0 Å². The fourth-order valence-corrected chi connectivity index (χ4v) is 5.66. The first-order valence-electron chi connectivity index (χ1n) is 15.1. The number of carbonyl (C=O) groups excluding carboxylic acids is 3. The van der Waals surface area contributed by atoms with Crippen LogP contribution < -0.4 is 10.5 Å². The Bertz CT molecular complexity index is 2000. The van der Waals surface area contributed by atoms with Gasteiger partial charge in [0.15, 0.2) is 5.78 Å². The van der Waals surface area contributed by atoms with E-state index in [4.69, 9.17) is 0 Å². The fourth-order valence-electron chi connectivity index (χ4n) is 5.66. The van der Waals surface area contributed by atoms with Gasteiger partial charge < -0.3 is 14.4 Å². The summed E-state index contributed by atoms with van der Waals surface area (Å²) in [6.45, 7) is 1.44. The molecule has 1 aliphatic heterocycles. The van der Waals surface area contributed by atoms with Crippen molar-refractivity contribution in [1.29, 1.82) is 0 Å². The highest BCUT2D eigenvalue weighted by atomic mass is 19.1. The molecule has 0 spiro atoms. The van der Waals surface area contributed by atoms with Crippen molar-refractivity contribution in [1.82, 2.24) is 24.2 Å². The van der Waals surface area contributed by atoms with Crippen molar-refractivity contribution >= 4 is 23.2 Å². The van der Waals surface area contributed by atoms with Crippen molar-refractivity contribution in [3.05, 3.63) is 142 Å². The van der Waals surface area contributed by atoms with Gasteiger partial charge in [-0.2, -0.15) is 5.10 Å². The molecule has 10 nitrogen and oxygen atoms in total. The van der Waals surface area contributed by atoms with Crippen LogP contribution >= 0.6 is 0 Å². The topological polar surface area (TPSA) is 110 Å². The molecule has 0 aliphatic carbocycles. The standard InChI is InChI=1S/C35H29F3N6O4/c36-25-16-30(37)28(31(38)17-25)14-24-15-29(34(47)43(20-24)19-23-4-2-1-3-5-23)32(45)18-33(46)35(48)42-12-10-41(11-13-42)26-6-8-27(9-7-26)44-22-39-21-40-44/h1-9,15-17,20-22H,10-14,18-19H2. The highest BCUT2D eigenvalue weighted by Crippen LogP contribution is 2.21. The molecule has 48 heavy (non-hydrogen) atoms. The molecular formula is C35H29F3N6O4. The van der Waals surface area contributed by atoms with Crippen LogP contribution in [0.25, 0.3) is 5.69 Å². The number of halogens is 3. The van der Waals surface area contributed by atoms with E-state index < -0.39 is 64.5 Å². The Morgan fingerprint density at radius 3 is 2.10 bits per heavy atom. The number of hydrogen-bond donors (Lipinski definition) is 0. The molecular weight excluding hydrogens is 625 g/mol. The van der Waals surface area contributed by atoms with Gasteiger partial charge in [-0.05, 0) is 41.5 Å². The summed E-state index contributed by atoms with van der Waals surface area (Å²) in [6.07, 6.45) is 3.15. The zero-order chi connectivity index (χ0) is 33.8. The Balaban J connectivity index is 1.15. The van der Waals surface area contributed by atoms with Crippen LogP contribution in [0, 0.1) is 17.5 Å². The van der Waals surface area contributed by atoms with Gasteiger partial charge in [0.05, 0.1) is 24.2 Å². The predicted octanol–water partition coefficient (Wildman–Crippen LogP) is 3.98. The van der Waals surface area contributed by atoms with Crippen LogP contribution in [-0.2, 0) is 22.6 Å². The Morgan fingerprint density at radius 2 is 1.46 bits per heavy atom. The zero-order valence-electron chi connectivity index (χ0n) is 25.6. The third kappa shape index (κ3) is 7.09. The molecule has 0 saturated carbocycles. The number of anilines is 1. The molecule has 1 fully saturated rings. The molecule has 0 atom stereocenters. The molecule has 13 heteroatoms. The maximum absolute atomic E-state index is 14.5. The van der Waals surface area contributed by atoms with E-state index in [0.29, 0.717) is 30.8 Å². The van der Waals surface area contributed by atoms with Crippen molar-refractivity contribution in [3.63, 3.8) is 0 Å². The van der Waals surface area contributed by atoms with Gasteiger partial charge in [-0.3, -0.25) is 19.2 Å². The van der Waals surface area contributed by atoms with E-state index in [1.165, 1.54) is 28.1 Å². The van der Waals surface area contributed by atoms with Crippen LogP contribution in [0.15, 0.2) is 96.4 Å². The smallest absolute Gasteiger partial charge is 0.290 e. The van der Waals surface area contributed by atoms with Gasteiger partial charge in [0, 0.05) is 62.2 Å². The quantitative estimate of drug-likeness (QED) is 0.127. The minimum Gasteiger partial charge on any atom is -0.368 e. The maximum atomic E-state index is 14.5. The van der Waals surface area contributed by atoms with E-state index in [1.54, 1.807) is 41.3 Å². The Hall–Kier alpha value is -5.85. The molecule has 3 heterocycles. The Kier molecular flexibility index (Phi) is 9.28. The van der Waals surface area contributed by atoms with Crippen LogP contribution in [0.4, 0.5) is 18.9 Å². The number of amides is 1. The summed E-state index contributed by atoms with van der Waals surface area (Å²) in [6, 6.07) is 18.7. The number of nitrogens with zero attached hydrogens (tertiary/aromatic N) is 6. The molecule has 2 aromatic heterocycles. The first kappa shape index (κ1) is 32.1. The minimum absolute atomic E-state index is 0.0303. The lowest BCUT2D eigenvalue weighted by Gasteiger charge is -2.35. The van der Waals surface area contributed by atoms with Crippen LogP contribution in [-0.4, -0.2) is 67.9 Å². The second kappa shape index (κ2) is 13.9. The van der Waals surface area contributed by atoms with Crippen molar-refractivity contribution in [2.24, 2.45) is 0 Å². The molecule has 6 rings (SSSR count). The molecule has 0 bridgehead atoms. The monoisotopic (exact) mass is 654 g/mol. The van der Waals surface area contributed by atoms with Crippen molar-refractivity contribution < 1.29 is 27.6 Å². The van der Waals surface area contributed by atoms with Crippen molar-refractivity contribution in [3.8, 4) is 5.69 Å². The molecule has 1 aliphatic rings. The molecule has 0 N–H and O–H groups in total. The number of pyridine rings is 1. The Morgan fingerprint density at radius 1 is 0.792 bits per heavy atom. The number of rotatable bonds is 10. The number of carbonyl (C=O) groups is 3. The molecule has 244 valence electrons. The van der Waals surface area contributed by atoms with Gasteiger partial charge in [-0.1, -0.05) is 30.3 Å². The van der Waals surface area contributed by atoms with E-state index in [-0.39, 0.29) is 25.2 Å². The van der Waals surface area contributed by atoms with Gasteiger partial charge in [0.25, 0.3) is 11.5 Å². The van der Waals surface area contributed by atoms with E-state index in [2.05, 4.69) is 15.0 Å². The predicted molar refractivity (Wildman–Crippen MR) is 169 cm³/mol. The second-order valence-electron chi connectivity index (χ2n) is 11.4. The fraction of sp³-hybridized carbons (Fsp3) is 0.200. The zero-order valence-corrected chi connectivity index (χ0v) is 25.6. The van der Waals surface area contributed by atoms with Crippen molar-refractivity contribution in [2.75, 3.05) is 31.1 Å². The maximum Gasteiger partial charge on any atom is 0.290 e. The number of aromatic nitrogens is 4. The molecule has 1 saturated heterocycles. The molecule has 3 aromatic carbocycles. The number of hydrogen-bond acceptors (Lipinski definition) is 7. The van der Waals surface area contributed by atoms with Gasteiger partial charge in [0.2, 0.25) is 5.78 Å². The molecule has 0 unspecified atom stereocenters. The highest BCUT2D eigenvalue weighted by Gasteiger charge is 2.29. The Labute approximate surface area is 272 Å². The minimum atomic E-state index is -1.12. The molecule has 1 amide bonds. The summed E-state index contributed by atoms with van der Waals surface area (Å²) in [4.78, 5) is 60.3. The van der Waals surface area contributed by atoms with Gasteiger partial charge in [-0.15, -0.1) is 0 Å². The van der Waals surface area contributed by atoms with Gasteiger partial charge in [0.1, 0.15) is 30.1 Å². The normalized spacial score (nSPS) is 13.1. The average molecular weight is 655 g/mol. The van der Waals surface area contributed by atoms with Crippen molar-refractivity contribution in [2.45, 2.75) is 19.4 Å². The van der Waals surface area contributed by atoms with Crippen LogP contribution in [0.2, 0.25) is 0 Å². The SMILES string of the molecule is O=C(CC(=O)c1cc(Cc2c(F)cc(F)cc2F)cn(Cc2ccccc2)c1=O)C(=O)N1CCN(c2ccc(-n3cncn3)cc2)CC1. The van der Waals surface area contributed by atoms with E-state index in [9.17, 15) is 32.3 Å². The summed E-state index contributed by atoms with van der Waals surface area (Å²) >= 11 is 0. The summed E-state index contributed by atoms with van der Waals surface area (Å²) in [7, 11) is 0. The lowest BCUT2D eigenvalue weighted by molar-refractivity contribution is -0.144. The summed E-state index contributed by atoms with van der Waals surface area (Å²) in [5, 5.41) is 4.10. The van der Waals surface area contributed by atoms with Crippen LogP contribution in [0.1, 0.15) is 33.5 Å². The summed E-state index contributed by atoms with van der Waals surface area (Å²) in [5.74, 6) is -6.02. The van der Waals surface area contributed by atoms with E-state index >= 15 is 0 Å². The number of benzene rings is 3. The first-order chi connectivity index (χ1) is 23.2. The highest BCUT2D eigenvalue weighted by molar-refractivity contribution is 6.40. The van der Waals surface area contributed by atoms with E-state index in [0.717, 1.165) is 11.4 Å². The van der Waals surface area contributed by atoms with Crippen LogP contribution in [0.3, 0.4) is 0 Å². The number of ketones is 2. The lowest BCUT2D eigenvalue weighted by Crippen LogP contribution is -2.51. The number of piperazine rings is 1. The third-order valence-corrected chi connectivity index (χ3v) is 8.15.